The van der Waals surface area contributed by atoms with E-state index in [9.17, 15) is 19.8 Å². The summed E-state index contributed by atoms with van der Waals surface area (Å²) in [5.74, 6) is -1.74. The molecule has 28 heavy (non-hydrogen) atoms. The summed E-state index contributed by atoms with van der Waals surface area (Å²) >= 11 is 6.04. The number of esters is 1. The molecule has 0 saturated carbocycles. The number of anilines is 1. The molecule has 1 aromatic heterocycles. The lowest BCUT2D eigenvalue weighted by Crippen LogP contribution is -2.09. The molecule has 1 amide bonds. The lowest BCUT2D eigenvalue weighted by molar-refractivity contribution is -0.111. The molecule has 0 fully saturated rings. The number of phenolic OH excluding ortho intramolecular Hbond substituents is 2. The molecule has 1 aromatic carbocycles. The number of ether oxygens (including phenoxy) is 1. The number of nitriles is 1. The first-order valence-corrected chi connectivity index (χ1v) is 8.40. The van der Waals surface area contributed by atoms with Gasteiger partial charge in [-0.1, -0.05) is 17.7 Å². The third-order valence-electron chi connectivity index (χ3n) is 3.68. The van der Waals surface area contributed by atoms with Gasteiger partial charge in [0.1, 0.15) is 28.9 Å². The Morgan fingerprint density at radius 1 is 1.36 bits per heavy atom. The van der Waals surface area contributed by atoms with E-state index >= 15 is 0 Å². The third kappa shape index (κ3) is 4.99. The fourth-order valence-electron chi connectivity index (χ4n) is 2.37. The van der Waals surface area contributed by atoms with Gasteiger partial charge in [-0.25, -0.2) is 9.78 Å². The number of aromatic hydroxyl groups is 2. The molecular formula is C19H16ClN3O5. The van der Waals surface area contributed by atoms with Crippen LogP contribution in [0.15, 0.2) is 36.5 Å². The highest BCUT2D eigenvalue weighted by atomic mass is 35.5. The van der Waals surface area contributed by atoms with E-state index in [1.54, 1.807) is 0 Å². The Morgan fingerprint density at radius 2 is 2.11 bits per heavy atom. The first kappa shape index (κ1) is 20.7. The van der Waals surface area contributed by atoms with Crippen LogP contribution in [0.25, 0.3) is 0 Å². The number of allylic oxidation sites excluding steroid dienone is 1. The van der Waals surface area contributed by atoms with E-state index in [-0.39, 0.29) is 28.3 Å². The second kappa shape index (κ2) is 9.39. The molecule has 2 aromatic rings. The third-order valence-corrected chi connectivity index (χ3v) is 4.11. The number of carbonyl (C=O) groups excluding carboxylic acids is 2. The van der Waals surface area contributed by atoms with Gasteiger partial charge in [0.05, 0.1) is 17.7 Å². The number of halogens is 1. The van der Waals surface area contributed by atoms with Gasteiger partial charge in [-0.2, -0.15) is 5.26 Å². The maximum Gasteiger partial charge on any atom is 0.341 e. The molecule has 9 heteroatoms. The van der Waals surface area contributed by atoms with Crippen LogP contribution in [0.5, 0.6) is 11.5 Å². The van der Waals surface area contributed by atoms with Gasteiger partial charge in [0.15, 0.2) is 0 Å². The number of aromatic nitrogens is 1. The lowest BCUT2D eigenvalue weighted by Gasteiger charge is -2.12. The Labute approximate surface area is 165 Å². The number of pyridine rings is 1. The monoisotopic (exact) mass is 401 g/mol. The molecule has 0 unspecified atom stereocenters. The zero-order valence-electron chi connectivity index (χ0n) is 14.8. The number of amides is 1. The molecule has 0 aliphatic heterocycles. The number of phenols is 2. The second-order valence-electron chi connectivity index (χ2n) is 5.55. The standard InChI is InChI=1S/C19H16ClN3O5/c1-28-19(27)17-12(18(20)14(25)8-13(17)24)4-2-3-5-16(26)23-15-7-6-11(9-21)10-22-15/h3,5-8,10,24-25H,2,4H2,1H3,(H,22,23,26)/b5-3+. The van der Waals surface area contributed by atoms with Crippen LogP contribution >= 0.6 is 11.6 Å². The minimum atomic E-state index is -0.789. The molecule has 3 N–H and O–H groups in total. The van der Waals surface area contributed by atoms with Crippen LogP contribution in [0.4, 0.5) is 5.82 Å². The van der Waals surface area contributed by atoms with Crippen LogP contribution < -0.4 is 5.32 Å². The lowest BCUT2D eigenvalue weighted by atomic mass is 10.0. The number of carbonyl (C=O) groups is 2. The number of nitrogens with zero attached hydrogens (tertiary/aromatic N) is 2. The van der Waals surface area contributed by atoms with Gasteiger partial charge in [-0.15, -0.1) is 0 Å². The van der Waals surface area contributed by atoms with Crippen LogP contribution in [0.3, 0.4) is 0 Å². The Morgan fingerprint density at radius 3 is 2.71 bits per heavy atom. The van der Waals surface area contributed by atoms with Crippen molar-refractivity contribution < 1.29 is 24.5 Å². The van der Waals surface area contributed by atoms with E-state index in [4.69, 9.17) is 16.9 Å². The van der Waals surface area contributed by atoms with Crippen LogP contribution in [0.2, 0.25) is 5.02 Å². The van der Waals surface area contributed by atoms with Crippen molar-refractivity contribution in [2.75, 3.05) is 12.4 Å². The molecule has 0 spiro atoms. The summed E-state index contributed by atoms with van der Waals surface area (Å²) in [6.07, 6.45) is 4.61. The number of rotatable bonds is 6. The summed E-state index contributed by atoms with van der Waals surface area (Å²) < 4.78 is 4.63. The summed E-state index contributed by atoms with van der Waals surface area (Å²) in [6, 6.07) is 5.92. The summed E-state index contributed by atoms with van der Waals surface area (Å²) in [5, 5.41) is 30.8. The van der Waals surface area contributed by atoms with Gasteiger partial charge in [0.2, 0.25) is 5.91 Å². The smallest absolute Gasteiger partial charge is 0.341 e. The molecule has 0 saturated heterocycles. The van der Waals surface area contributed by atoms with Crippen LogP contribution in [-0.2, 0) is 16.0 Å². The maximum absolute atomic E-state index is 11.9. The fraction of sp³-hybridized carbons (Fsp3) is 0.158. The van der Waals surface area contributed by atoms with Gasteiger partial charge < -0.3 is 20.3 Å². The largest absolute Gasteiger partial charge is 0.507 e. The van der Waals surface area contributed by atoms with Crippen molar-refractivity contribution >= 4 is 29.3 Å². The van der Waals surface area contributed by atoms with Crippen LogP contribution in [0.1, 0.15) is 27.9 Å². The molecule has 2 rings (SSSR count). The minimum absolute atomic E-state index is 0.0714. The molecule has 0 bridgehead atoms. The number of methoxy groups -OCH3 is 1. The van der Waals surface area contributed by atoms with E-state index < -0.39 is 17.6 Å². The van der Waals surface area contributed by atoms with Gasteiger partial charge in [-0.05, 0) is 36.6 Å². The highest BCUT2D eigenvalue weighted by Gasteiger charge is 2.22. The van der Waals surface area contributed by atoms with Crippen molar-refractivity contribution in [3.05, 3.63) is 58.3 Å². The van der Waals surface area contributed by atoms with Crippen molar-refractivity contribution in [1.29, 1.82) is 5.26 Å². The summed E-state index contributed by atoms with van der Waals surface area (Å²) in [5.41, 5.74) is 0.455. The van der Waals surface area contributed by atoms with Crippen molar-refractivity contribution in [2.24, 2.45) is 0 Å². The van der Waals surface area contributed by atoms with Crippen molar-refractivity contribution in [3.8, 4) is 17.6 Å². The molecule has 0 aliphatic rings. The van der Waals surface area contributed by atoms with E-state index in [0.29, 0.717) is 17.8 Å². The molecule has 1 heterocycles. The Bertz CT molecular complexity index is 965. The van der Waals surface area contributed by atoms with Crippen molar-refractivity contribution in [3.63, 3.8) is 0 Å². The molecule has 0 aliphatic carbocycles. The maximum atomic E-state index is 11.9. The highest BCUT2D eigenvalue weighted by Crippen LogP contribution is 2.37. The van der Waals surface area contributed by atoms with Crippen LogP contribution in [0, 0.1) is 11.3 Å². The van der Waals surface area contributed by atoms with Crippen molar-refractivity contribution in [2.45, 2.75) is 12.8 Å². The molecule has 144 valence electrons. The number of hydrogen-bond donors (Lipinski definition) is 3. The Hall–Kier alpha value is -3.57. The van der Waals surface area contributed by atoms with Gasteiger partial charge in [0, 0.05) is 12.3 Å². The normalized spacial score (nSPS) is 10.5. The van der Waals surface area contributed by atoms with E-state index in [2.05, 4.69) is 15.0 Å². The number of nitrogens with one attached hydrogen (secondary N) is 1. The summed E-state index contributed by atoms with van der Waals surface area (Å²) in [4.78, 5) is 27.7. The first-order valence-electron chi connectivity index (χ1n) is 8.02. The zero-order chi connectivity index (χ0) is 20.7. The van der Waals surface area contributed by atoms with E-state index in [1.807, 2.05) is 6.07 Å². The van der Waals surface area contributed by atoms with Crippen molar-refractivity contribution in [1.82, 2.24) is 4.98 Å². The quantitative estimate of drug-likeness (QED) is 0.500. The molecule has 0 atom stereocenters. The van der Waals surface area contributed by atoms with E-state index in [0.717, 1.165) is 13.2 Å². The van der Waals surface area contributed by atoms with Gasteiger partial charge in [-0.3, -0.25) is 4.79 Å². The zero-order valence-corrected chi connectivity index (χ0v) is 15.5. The van der Waals surface area contributed by atoms with Gasteiger partial charge >= 0.3 is 5.97 Å². The topological polar surface area (TPSA) is 133 Å². The second-order valence-corrected chi connectivity index (χ2v) is 5.93. The fourth-order valence-corrected chi connectivity index (χ4v) is 2.61. The highest BCUT2D eigenvalue weighted by molar-refractivity contribution is 6.33. The average molecular weight is 402 g/mol. The average Bonchev–Trinajstić information content (AvgIpc) is 2.68. The Balaban J connectivity index is 2.05. The molecule has 8 nitrogen and oxygen atoms in total. The summed E-state index contributed by atoms with van der Waals surface area (Å²) in [7, 11) is 1.16. The molecular weight excluding hydrogens is 386 g/mol. The number of benzene rings is 1. The predicted molar refractivity (Wildman–Crippen MR) is 101 cm³/mol. The minimum Gasteiger partial charge on any atom is -0.507 e. The predicted octanol–water partition coefficient (Wildman–Crippen LogP) is 2.93. The summed E-state index contributed by atoms with van der Waals surface area (Å²) in [6.45, 7) is 0. The Kier molecular flexibility index (Phi) is 6.96. The number of hydrogen-bond acceptors (Lipinski definition) is 7. The van der Waals surface area contributed by atoms with Crippen LogP contribution in [-0.4, -0.2) is 34.2 Å². The molecule has 0 radical (unpaired) electrons. The van der Waals surface area contributed by atoms with E-state index in [1.165, 1.54) is 30.5 Å². The van der Waals surface area contributed by atoms with Gasteiger partial charge in [0.25, 0.3) is 0 Å². The SMILES string of the molecule is COC(=O)c1c(O)cc(O)c(Cl)c1CC/C=C/C(=O)Nc1ccc(C#N)cn1. The first-order chi connectivity index (χ1) is 13.4.